The van der Waals surface area contributed by atoms with Gasteiger partial charge in [0.1, 0.15) is 0 Å². The molecule has 1 saturated carbocycles. The molecule has 1 amide bonds. The summed E-state index contributed by atoms with van der Waals surface area (Å²) in [4.78, 5) is 18.1. The van der Waals surface area contributed by atoms with Crippen molar-refractivity contribution >= 4 is 16.9 Å². The number of fused-ring (bicyclic) bond motifs is 1. The Morgan fingerprint density at radius 2 is 1.92 bits per heavy atom. The van der Waals surface area contributed by atoms with Gasteiger partial charge in [-0.1, -0.05) is 0 Å². The average molecular weight is 355 g/mol. The molecule has 2 aliphatic rings. The van der Waals surface area contributed by atoms with E-state index in [-0.39, 0.29) is 17.5 Å². The molecule has 140 valence electrons. The summed E-state index contributed by atoms with van der Waals surface area (Å²) in [5.41, 5.74) is 3.32. The van der Waals surface area contributed by atoms with Crippen LogP contribution in [0.25, 0.3) is 11.0 Å². The minimum Gasteiger partial charge on any atom is -0.349 e. The van der Waals surface area contributed by atoms with E-state index in [0.29, 0.717) is 5.92 Å². The third-order valence-electron chi connectivity index (χ3n) is 5.38. The first-order valence-electron chi connectivity index (χ1n) is 9.77. The fraction of sp³-hybridized carbons (Fsp3) is 0.650. The number of nitrogens with one attached hydrogen (secondary N) is 2. The molecule has 4 rings (SSSR count). The topological polar surface area (TPSA) is 71.8 Å². The molecule has 26 heavy (non-hydrogen) atoms. The van der Waals surface area contributed by atoms with Crippen LogP contribution in [-0.2, 0) is 5.54 Å². The number of pyridine rings is 1. The second kappa shape index (κ2) is 6.34. The van der Waals surface area contributed by atoms with E-state index in [4.69, 9.17) is 10.1 Å². The minimum absolute atomic E-state index is 0.0164. The molecular formula is C20H29N5O. The van der Waals surface area contributed by atoms with Gasteiger partial charge in [-0.15, -0.1) is 0 Å². The van der Waals surface area contributed by atoms with E-state index < -0.39 is 0 Å². The molecular weight excluding hydrogens is 326 g/mol. The molecule has 1 aliphatic carbocycles. The lowest BCUT2D eigenvalue weighted by Crippen LogP contribution is -2.42. The van der Waals surface area contributed by atoms with Crippen LogP contribution in [0, 0.1) is 6.92 Å². The Balaban J connectivity index is 1.79. The zero-order chi connectivity index (χ0) is 18.5. The summed E-state index contributed by atoms with van der Waals surface area (Å²) in [6.07, 6.45) is 4.29. The molecule has 3 heterocycles. The quantitative estimate of drug-likeness (QED) is 0.888. The van der Waals surface area contributed by atoms with Crippen LogP contribution in [0.1, 0.15) is 74.1 Å². The Hall–Kier alpha value is -1.95. The molecule has 0 bridgehead atoms. The van der Waals surface area contributed by atoms with Crippen LogP contribution in [0.5, 0.6) is 0 Å². The number of carbonyl (C=O) groups is 1. The first kappa shape index (κ1) is 17.5. The number of rotatable bonds is 3. The maximum absolute atomic E-state index is 13.1. The van der Waals surface area contributed by atoms with Crippen molar-refractivity contribution in [3.8, 4) is 0 Å². The number of hydrogen-bond acceptors (Lipinski definition) is 4. The third-order valence-corrected chi connectivity index (χ3v) is 5.38. The standard InChI is InChI=1S/C20H29N5O/c1-12-17-15(19(26)22-14-7-9-21-10-8-14)11-16(13-5-6-13)23-18(17)25(24-12)20(2,3)4/h11,13-14,21H,5-10H2,1-4H3,(H,22,26). The van der Waals surface area contributed by atoms with Gasteiger partial charge in [-0.25, -0.2) is 9.67 Å². The lowest BCUT2D eigenvalue weighted by molar-refractivity contribution is 0.0931. The van der Waals surface area contributed by atoms with E-state index >= 15 is 0 Å². The molecule has 0 aromatic carbocycles. The molecule has 0 unspecified atom stereocenters. The van der Waals surface area contributed by atoms with E-state index in [0.717, 1.165) is 66.8 Å². The molecule has 2 aromatic rings. The van der Waals surface area contributed by atoms with Crippen molar-refractivity contribution in [1.29, 1.82) is 0 Å². The van der Waals surface area contributed by atoms with Crippen molar-refractivity contribution in [3.05, 3.63) is 23.0 Å². The van der Waals surface area contributed by atoms with Crippen molar-refractivity contribution in [1.82, 2.24) is 25.4 Å². The first-order valence-corrected chi connectivity index (χ1v) is 9.77. The van der Waals surface area contributed by atoms with Gasteiger partial charge in [0, 0.05) is 17.7 Å². The molecule has 2 aromatic heterocycles. The van der Waals surface area contributed by atoms with Crippen molar-refractivity contribution in [2.24, 2.45) is 0 Å². The van der Waals surface area contributed by atoms with Gasteiger partial charge in [-0.3, -0.25) is 4.79 Å². The maximum atomic E-state index is 13.1. The smallest absolute Gasteiger partial charge is 0.252 e. The van der Waals surface area contributed by atoms with E-state index in [2.05, 4.69) is 31.4 Å². The number of hydrogen-bond donors (Lipinski definition) is 2. The van der Waals surface area contributed by atoms with E-state index in [9.17, 15) is 4.79 Å². The number of carbonyl (C=O) groups excluding carboxylic acids is 1. The van der Waals surface area contributed by atoms with Gasteiger partial charge in [0.05, 0.1) is 22.2 Å². The Kier molecular flexibility index (Phi) is 4.26. The second-order valence-corrected chi connectivity index (χ2v) is 8.73. The molecule has 0 spiro atoms. The second-order valence-electron chi connectivity index (χ2n) is 8.73. The lowest BCUT2D eigenvalue weighted by Gasteiger charge is -2.24. The van der Waals surface area contributed by atoms with E-state index in [1.54, 1.807) is 0 Å². The fourth-order valence-corrected chi connectivity index (χ4v) is 3.77. The summed E-state index contributed by atoms with van der Waals surface area (Å²) >= 11 is 0. The molecule has 6 heteroatoms. The highest BCUT2D eigenvalue weighted by Gasteiger charge is 2.30. The Morgan fingerprint density at radius 1 is 1.23 bits per heavy atom. The predicted octanol–water partition coefficient (Wildman–Crippen LogP) is 2.85. The maximum Gasteiger partial charge on any atom is 0.252 e. The number of piperidine rings is 1. The van der Waals surface area contributed by atoms with Crippen LogP contribution < -0.4 is 10.6 Å². The average Bonchev–Trinajstić information content (AvgIpc) is 3.38. The number of aryl methyl sites for hydroxylation is 1. The number of nitrogens with zero attached hydrogens (tertiary/aromatic N) is 3. The minimum atomic E-state index is -0.176. The van der Waals surface area contributed by atoms with Crippen LogP contribution in [0.15, 0.2) is 6.07 Å². The number of amides is 1. The molecule has 0 radical (unpaired) electrons. The van der Waals surface area contributed by atoms with Crippen LogP contribution in [0.3, 0.4) is 0 Å². The van der Waals surface area contributed by atoms with E-state index in [1.807, 2.05) is 17.7 Å². The van der Waals surface area contributed by atoms with Crippen LogP contribution in [0.2, 0.25) is 0 Å². The first-order chi connectivity index (χ1) is 12.3. The summed E-state index contributed by atoms with van der Waals surface area (Å²) in [7, 11) is 0. The van der Waals surface area contributed by atoms with Crippen molar-refractivity contribution in [2.45, 2.75) is 70.9 Å². The molecule has 6 nitrogen and oxygen atoms in total. The molecule has 1 saturated heterocycles. The summed E-state index contributed by atoms with van der Waals surface area (Å²) < 4.78 is 1.98. The van der Waals surface area contributed by atoms with Gasteiger partial charge < -0.3 is 10.6 Å². The Labute approximate surface area is 154 Å². The third kappa shape index (κ3) is 3.22. The predicted molar refractivity (Wildman–Crippen MR) is 103 cm³/mol. The van der Waals surface area contributed by atoms with Crippen LogP contribution in [0.4, 0.5) is 0 Å². The Bertz CT molecular complexity index is 838. The van der Waals surface area contributed by atoms with Crippen LogP contribution >= 0.6 is 0 Å². The lowest BCUT2D eigenvalue weighted by atomic mass is 10.0. The highest BCUT2D eigenvalue weighted by Crippen LogP contribution is 2.41. The summed E-state index contributed by atoms with van der Waals surface area (Å²) in [6, 6.07) is 2.26. The van der Waals surface area contributed by atoms with Gasteiger partial charge in [0.2, 0.25) is 0 Å². The summed E-state index contributed by atoms with van der Waals surface area (Å²) in [6.45, 7) is 10.3. The largest absolute Gasteiger partial charge is 0.349 e. The fourth-order valence-electron chi connectivity index (χ4n) is 3.77. The van der Waals surface area contributed by atoms with Gasteiger partial charge in [-0.2, -0.15) is 5.10 Å². The molecule has 2 fully saturated rings. The molecule has 2 N–H and O–H groups in total. The monoisotopic (exact) mass is 355 g/mol. The zero-order valence-corrected chi connectivity index (χ0v) is 16.2. The van der Waals surface area contributed by atoms with Gasteiger partial charge in [-0.05, 0) is 72.5 Å². The summed E-state index contributed by atoms with van der Waals surface area (Å²) in [5, 5.41) is 12.2. The Morgan fingerprint density at radius 3 is 2.54 bits per heavy atom. The summed E-state index contributed by atoms with van der Waals surface area (Å²) in [5.74, 6) is 0.510. The molecule has 0 atom stereocenters. The van der Waals surface area contributed by atoms with Gasteiger partial charge in [0.15, 0.2) is 5.65 Å². The van der Waals surface area contributed by atoms with Gasteiger partial charge >= 0.3 is 0 Å². The SMILES string of the molecule is Cc1nn(C(C)(C)C)c2nc(C3CC3)cc(C(=O)NC3CCNCC3)c12. The number of aromatic nitrogens is 3. The normalized spacial score (nSPS) is 19.1. The van der Waals surface area contributed by atoms with Crippen LogP contribution in [-0.4, -0.2) is 39.8 Å². The zero-order valence-electron chi connectivity index (χ0n) is 16.2. The highest BCUT2D eigenvalue weighted by molar-refractivity contribution is 6.06. The van der Waals surface area contributed by atoms with Gasteiger partial charge in [0.25, 0.3) is 5.91 Å². The molecule has 1 aliphatic heterocycles. The van der Waals surface area contributed by atoms with Crippen molar-refractivity contribution < 1.29 is 4.79 Å². The van der Waals surface area contributed by atoms with Crippen molar-refractivity contribution in [3.63, 3.8) is 0 Å². The highest BCUT2D eigenvalue weighted by atomic mass is 16.1. The van der Waals surface area contributed by atoms with E-state index in [1.165, 1.54) is 0 Å². The van der Waals surface area contributed by atoms with Crippen molar-refractivity contribution in [2.75, 3.05) is 13.1 Å².